The molecule has 1 rings (SSSR count). The minimum Gasteiger partial charge on any atom is -0.392 e. The van der Waals surface area contributed by atoms with Gasteiger partial charge in [0.1, 0.15) is 0 Å². The molecule has 0 saturated carbocycles. The number of likely N-dealkylation sites (tertiary alicyclic amines) is 1. The number of carbonyl (C=O) groups excluding carboxylic acids is 1. The highest BCUT2D eigenvalue weighted by Crippen LogP contribution is 2.15. The van der Waals surface area contributed by atoms with Crippen LogP contribution in [-0.4, -0.2) is 41.1 Å². The highest BCUT2D eigenvalue weighted by atomic mass is 16.3. The van der Waals surface area contributed by atoms with Crippen molar-refractivity contribution in [3.8, 4) is 0 Å². The van der Waals surface area contributed by atoms with Gasteiger partial charge in [-0.2, -0.15) is 0 Å². The van der Waals surface area contributed by atoms with Crippen LogP contribution < -0.4 is 11.3 Å². The van der Waals surface area contributed by atoms with Crippen molar-refractivity contribution in [2.75, 3.05) is 13.1 Å². The first-order valence-electron chi connectivity index (χ1n) is 5.55. The highest BCUT2D eigenvalue weighted by Gasteiger charge is 2.21. The average molecular weight is 215 g/mol. The Balaban J connectivity index is 2.26. The van der Waals surface area contributed by atoms with E-state index in [9.17, 15) is 9.90 Å². The molecule has 15 heavy (non-hydrogen) atoms. The Morgan fingerprint density at radius 1 is 1.73 bits per heavy atom. The summed E-state index contributed by atoms with van der Waals surface area (Å²) in [5, 5.41) is 9.51. The van der Waals surface area contributed by atoms with E-state index in [0.29, 0.717) is 12.5 Å². The molecule has 5 heteroatoms. The summed E-state index contributed by atoms with van der Waals surface area (Å²) in [6, 6.07) is 0.331. The van der Waals surface area contributed by atoms with Gasteiger partial charge in [0.25, 0.3) is 0 Å². The Labute approximate surface area is 90.6 Å². The van der Waals surface area contributed by atoms with Crippen LogP contribution in [0.15, 0.2) is 0 Å². The van der Waals surface area contributed by atoms with Crippen molar-refractivity contribution in [3.05, 3.63) is 0 Å². The number of aliphatic hydroxyl groups is 1. The van der Waals surface area contributed by atoms with Crippen LogP contribution in [0.5, 0.6) is 0 Å². The smallest absolute Gasteiger partial charge is 0.233 e. The maximum absolute atomic E-state index is 11.0. The van der Waals surface area contributed by atoms with E-state index in [1.807, 2.05) is 0 Å². The number of hydrogen-bond acceptors (Lipinski definition) is 4. The van der Waals surface area contributed by atoms with Gasteiger partial charge >= 0.3 is 0 Å². The molecule has 0 radical (unpaired) electrons. The molecule has 1 saturated heterocycles. The van der Waals surface area contributed by atoms with Crippen LogP contribution in [0.25, 0.3) is 0 Å². The fourth-order valence-electron chi connectivity index (χ4n) is 1.98. The maximum Gasteiger partial charge on any atom is 0.233 e. The molecule has 0 bridgehead atoms. The Kier molecular flexibility index (Phi) is 5.01. The van der Waals surface area contributed by atoms with Crippen molar-refractivity contribution in [2.24, 2.45) is 5.84 Å². The molecule has 0 spiro atoms. The summed E-state index contributed by atoms with van der Waals surface area (Å²) in [4.78, 5) is 13.2. The highest BCUT2D eigenvalue weighted by molar-refractivity contribution is 5.75. The van der Waals surface area contributed by atoms with Crippen molar-refractivity contribution in [3.63, 3.8) is 0 Å². The largest absolute Gasteiger partial charge is 0.392 e. The van der Waals surface area contributed by atoms with Crippen LogP contribution in [0.3, 0.4) is 0 Å². The van der Waals surface area contributed by atoms with Crippen LogP contribution in [0.2, 0.25) is 0 Å². The Hall–Kier alpha value is -0.650. The first kappa shape index (κ1) is 12.4. The summed E-state index contributed by atoms with van der Waals surface area (Å²) in [6.07, 6.45) is 2.96. The quantitative estimate of drug-likeness (QED) is 0.339. The molecule has 1 aliphatic rings. The molecule has 0 aliphatic carbocycles. The fourth-order valence-corrected chi connectivity index (χ4v) is 1.98. The average Bonchev–Trinajstić information content (AvgIpc) is 2.25. The van der Waals surface area contributed by atoms with E-state index in [4.69, 9.17) is 5.84 Å². The van der Waals surface area contributed by atoms with E-state index in [-0.39, 0.29) is 12.0 Å². The summed E-state index contributed by atoms with van der Waals surface area (Å²) >= 11 is 0. The standard InChI is InChI=1S/C10H21N3O2/c1-8(4-5-10(15)12-11)13-6-2-3-9(14)7-13/h8-9,14H,2-7,11H2,1H3,(H,12,15). The zero-order chi connectivity index (χ0) is 11.3. The number of nitrogens with zero attached hydrogens (tertiary/aromatic N) is 1. The molecule has 0 aromatic rings. The summed E-state index contributed by atoms with van der Waals surface area (Å²) in [7, 11) is 0. The monoisotopic (exact) mass is 215 g/mol. The predicted molar refractivity (Wildman–Crippen MR) is 57.8 cm³/mol. The molecule has 2 atom stereocenters. The van der Waals surface area contributed by atoms with Crippen molar-refractivity contribution < 1.29 is 9.90 Å². The number of carbonyl (C=O) groups is 1. The number of nitrogens with two attached hydrogens (primary N) is 1. The lowest BCUT2D eigenvalue weighted by Gasteiger charge is -2.34. The van der Waals surface area contributed by atoms with Gasteiger partial charge in [-0.25, -0.2) is 5.84 Å². The van der Waals surface area contributed by atoms with Crippen molar-refractivity contribution >= 4 is 5.91 Å². The molecule has 1 amide bonds. The molecule has 1 aliphatic heterocycles. The topological polar surface area (TPSA) is 78.6 Å². The van der Waals surface area contributed by atoms with Gasteiger partial charge in [0.2, 0.25) is 5.91 Å². The third-order valence-corrected chi connectivity index (χ3v) is 3.00. The van der Waals surface area contributed by atoms with Gasteiger partial charge in [-0.15, -0.1) is 0 Å². The zero-order valence-electron chi connectivity index (χ0n) is 9.28. The summed E-state index contributed by atoms with van der Waals surface area (Å²) in [6.45, 7) is 3.83. The molecular formula is C10H21N3O2. The molecule has 1 fully saturated rings. The van der Waals surface area contributed by atoms with Crippen LogP contribution in [0, 0.1) is 0 Å². The van der Waals surface area contributed by atoms with Crippen LogP contribution in [0.4, 0.5) is 0 Å². The molecule has 5 nitrogen and oxygen atoms in total. The first-order chi connectivity index (χ1) is 7.13. The number of β-amino-alcohol motifs (C(OH)–C–C–N with tert-alkyl or cyclic N) is 1. The predicted octanol–water partition coefficient (Wildman–Crippen LogP) is -0.398. The molecule has 1 heterocycles. The lowest BCUT2D eigenvalue weighted by atomic mass is 10.0. The van der Waals surface area contributed by atoms with Crippen molar-refractivity contribution in [1.82, 2.24) is 10.3 Å². The van der Waals surface area contributed by atoms with Gasteiger partial charge in [-0.05, 0) is 32.7 Å². The summed E-state index contributed by atoms with van der Waals surface area (Å²) in [5.41, 5.74) is 2.13. The Morgan fingerprint density at radius 2 is 2.47 bits per heavy atom. The molecule has 0 aromatic carbocycles. The maximum atomic E-state index is 11.0. The Morgan fingerprint density at radius 3 is 3.07 bits per heavy atom. The minimum absolute atomic E-state index is 0.126. The van der Waals surface area contributed by atoms with Crippen molar-refractivity contribution in [2.45, 2.75) is 44.8 Å². The van der Waals surface area contributed by atoms with Gasteiger partial charge in [0.15, 0.2) is 0 Å². The molecule has 4 N–H and O–H groups in total. The number of hydrogen-bond donors (Lipinski definition) is 3. The van der Waals surface area contributed by atoms with Gasteiger partial charge in [-0.3, -0.25) is 15.1 Å². The number of rotatable bonds is 4. The van der Waals surface area contributed by atoms with E-state index < -0.39 is 0 Å². The fraction of sp³-hybridized carbons (Fsp3) is 0.900. The molecule has 0 aromatic heterocycles. The second kappa shape index (κ2) is 6.05. The lowest BCUT2D eigenvalue weighted by molar-refractivity contribution is -0.121. The number of hydrazine groups is 1. The van der Waals surface area contributed by atoms with E-state index in [1.54, 1.807) is 0 Å². The summed E-state index contributed by atoms with van der Waals surface area (Å²) < 4.78 is 0. The van der Waals surface area contributed by atoms with Gasteiger partial charge in [0.05, 0.1) is 6.10 Å². The van der Waals surface area contributed by atoms with Crippen molar-refractivity contribution in [1.29, 1.82) is 0 Å². The normalized spacial score (nSPS) is 24.9. The van der Waals surface area contributed by atoms with E-state index in [2.05, 4.69) is 17.2 Å². The molecular weight excluding hydrogens is 194 g/mol. The third kappa shape index (κ3) is 4.15. The number of piperidine rings is 1. The van der Waals surface area contributed by atoms with Crippen LogP contribution in [0.1, 0.15) is 32.6 Å². The summed E-state index contributed by atoms with van der Waals surface area (Å²) in [5.74, 6) is 4.88. The number of nitrogens with one attached hydrogen (secondary N) is 1. The third-order valence-electron chi connectivity index (χ3n) is 3.00. The number of aliphatic hydroxyl groups excluding tert-OH is 1. The second-order valence-electron chi connectivity index (χ2n) is 4.25. The molecule has 88 valence electrons. The first-order valence-corrected chi connectivity index (χ1v) is 5.55. The second-order valence-corrected chi connectivity index (χ2v) is 4.25. The van der Waals surface area contributed by atoms with E-state index in [0.717, 1.165) is 32.4 Å². The minimum atomic E-state index is -0.204. The van der Waals surface area contributed by atoms with Gasteiger partial charge < -0.3 is 5.11 Å². The van der Waals surface area contributed by atoms with Gasteiger partial charge in [-0.1, -0.05) is 0 Å². The molecule has 2 unspecified atom stereocenters. The lowest BCUT2D eigenvalue weighted by Crippen LogP contribution is -2.44. The van der Waals surface area contributed by atoms with Crippen LogP contribution in [-0.2, 0) is 4.79 Å². The Bertz CT molecular complexity index is 211. The SMILES string of the molecule is CC(CCC(=O)NN)N1CCCC(O)C1. The van der Waals surface area contributed by atoms with Crippen LogP contribution >= 0.6 is 0 Å². The van der Waals surface area contributed by atoms with E-state index in [1.165, 1.54) is 0 Å². The van der Waals surface area contributed by atoms with E-state index >= 15 is 0 Å². The van der Waals surface area contributed by atoms with Gasteiger partial charge in [0, 0.05) is 19.0 Å². The zero-order valence-corrected chi connectivity index (χ0v) is 9.28. The number of amides is 1.